The topological polar surface area (TPSA) is 39.9 Å². The summed E-state index contributed by atoms with van der Waals surface area (Å²) in [7, 11) is 1.61. The van der Waals surface area contributed by atoms with Crippen LogP contribution in [0.15, 0.2) is 48.7 Å². The van der Waals surface area contributed by atoms with Gasteiger partial charge in [0, 0.05) is 6.20 Å². The maximum absolute atomic E-state index is 5.30. The number of hydrogen-bond donors (Lipinski definition) is 0. The molecule has 0 spiro atoms. The summed E-state index contributed by atoms with van der Waals surface area (Å²) >= 11 is 0. The van der Waals surface area contributed by atoms with E-state index in [-0.39, 0.29) is 0 Å². The zero-order valence-corrected chi connectivity index (χ0v) is 9.37. The number of hydrogen-bond acceptors (Lipinski definition) is 3. The number of imidazole rings is 1. The van der Waals surface area contributed by atoms with Crippen molar-refractivity contribution in [3.63, 3.8) is 0 Å². The quantitative estimate of drug-likeness (QED) is 0.672. The Kier molecular flexibility index (Phi) is 2.26. The summed E-state index contributed by atoms with van der Waals surface area (Å²) in [5, 5.41) is 0. The Balaban J connectivity index is 2.34. The Bertz CT molecular complexity index is 646. The maximum atomic E-state index is 5.30. The fourth-order valence-corrected chi connectivity index (χ4v) is 1.85. The molecule has 0 aliphatic carbocycles. The number of benzene rings is 1. The Hall–Kier alpha value is -2.36. The van der Waals surface area contributed by atoms with Crippen LogP contribution in [0.3, 0.4) is 0 Å². The van der Waals surface area contributed by atoms with Gasteiger partial charge in [-0.1, -0.05) is 18.2 Å². The van der Waals surface area contributed by atoms with Gasteiger partial charge in [0.2, 0.25) is 0 Å². The van der Waals surface area contributed by atoms with Crippen LogP contribution in [0.1, 0.15) is 0 Å². The SMILES string of the molecule is COc1nc2ccccc2n1-c1ccccn1. The van der Waals surface area contributed by atoms with E-state index in [1.165, 1.54) is 0 Å². The molecule has 0 N–H and O–H groups in total. The first-order valence-corrected chi connectivity index (χ1v) is 5.33. The molecule has 0 aliphatic rings. The molecule has 1 aromatic carbocycles. The van der Waals surface area contributed by atoms with Gasteiger partial charge >= 0.3 is 6.01 Å². The summed E-state index contributed by atoms with van der Waals surface area (Å²) < 4.78 is 7.19. The molecule has 0 bridgehead atoms. The number of aromatic nitrogens is 3. The van der Waals surface area contributed by atoms with Crippen LogP contribution in [0.5, 0.6) is 6.01 Å². The number of fused-ring (bicyclic) bond motifs is 1. The lowest BCUT2D eigenvalue weighted by Gasteiger charge is -2.05. The highest BCUT2D eigenvalue weighted by molar-refractivity contribution is 5.78. The maximum Gasteiger partial charge on any atom is 0.303 e. The lowest BCUT2D eigenvalue weighted by atomic mass is 10.3. The van der Waals surface area contributed by atoms with Crippen molar-refractivity contribution in [2.45, 2.75) is 0 Å². The van der Waals surface area contributed by atoms with Crippen molar-refractivity contribution in [1.29, 1.82) is 0 Å². The molecule has 0 fully saturated rings. The Morgan fingerprint density at radius 2 is 1.88 bits per heavy atom. The summed E-state index contributed by atoms with van der Waals surface area (Å²) in [5.74, 6) is 0.804. The molecule has 0 unspecified atom stereocenters. The van der Waals surface area contributed by atoms with Gasteiger partial charge in [-0.25, -0.2) is 9.55 Å². The van der Waals surface area contributed by atoms with Gasteiger partial charge in [-0.2, -0.15) is 4.98 Å². The Morgan fingerprint density at radius 3 is 2.65 bits per heavy atom. The zero-order chi connectivity index (χ0) is 11.7. The second-order valence-electron chi connectivity index (χ2n) is 3.61. The van der Waals surface area contributed by atoms with Crippen molar-refractivity contribution < 1.29 is 4.74 Å². The van der Waals surface area contributed by atoms with Crippen molar-refractivity contribution in [3.05, 3.63) is 48.7 Å². The van der Waals surface area contributed by atoms with Crippen molar-refractivity contribution >= 4 is 11.0 Å². The van der Waals surface area contributed by atoms with E-state index in [4.69, 9.17) is 4.74 Å². The number of para-hydroxylation sites is 2. The van der Waals surface area contributed by atoms with Crippen LogP contribution in [0, 0.1) is 0 Å². The number of methoxy groups -OCH3 is 1. The van der Waals surface area contributed by atoms with Crippen LogP contribution >= 0.6 is 0 Å². The predicted molar refractivity (Wildman–Crippen MR) is 65.4 cm³/mol. The molecule has 0 saturated heterocycles. The molecule has 84 valence electrons. The van der Waals surface area contributed by atoms with Crippen LogP contribution in [0.25, 0.3) is 16.9 Å². The minimum Gasteiger partial charge on any atom is -0.468 e. The normalized spacial score (nSPS) is 10.6. The molecule has 2 aromatic heterocycles. The largest absolute Gasteiger partial charge is 0.468 e. The van der Waals surface area contributed by atoms with Gasteiger partial charge < -0.3 is 4.74 Å². The van der Waals surface area contributed by atoms with E-state index in [0.29, 0.717) is 6.01 Å². The summed E-state index contributed by atoms with van der Waals surface area (Å²) in [6, 6.07) is 14.2. The van der Waals surface area contributed by atoms with Gasteiger partial charge in [-0.05, 0) is 24.3 Å². The molecule has 17 heavy (non-hydrogen) atoms. The lowest BCUT2D eigenvalue weighted by Crippen LogP contribution is -2.00. The summed E-state index contributed by atoms with van der Waals surface area (Å²) in [6.07, 6.45) is 1.75. The molecule has 0 amide bonds. The minimum atomic E-state index is 0.546. The van der Waals surface area contributed by atoms with Gasteiger partial charge in [-0.15, -0.1) is 0 Å². The number of ether oxygens (including phenoxy) is 1. The molecule has 4 nitrogen and oxygen atoms in total. The summed E-state index contributed by atoms with van der Waals surface area (Å²) in [6.45, 7) is 0. The van der Waals surface area contributed by atoms with Crippen LogP contribution in [-0.2, 0) is 0 Å². The third-order valence-corrected chi connectivity index (χ3v) is 2.59. The summed E-state index contributed by atoms with van der Waals surface area (Å²) in [5.41, 5.74) is 1.89. The van der Waals surface area contributed by atoms with Crippen LogP contribution in [0.4, 0.5) is 0 Å². The van der Waals surface area contributed by atoms with E-state index in [9.17, 15) is 0 Å². The standard InChI is InChI=1S/C13H11N3O/c1-17-13-15-10-6-2-3-7-11(10)16(13)12-8-4-5-9-14-12/h2-9H,1H3. The van der Waals surface area contributed by atoms with E-state index in [1.54, 1.807) is 13.3 Å². The third kappa shape index (κ3) is 1.54. The average Bonchev–Trinajstić information content (AvgIpc) is 2.78. The number of pyridine rings is 1. The van der Waals surface area contributed by atoms with Gasteiger partial charge in [0.25, 0.3) is 0 Å². The molecule has 0 atom stereocenters. The molecule has 4 heteroatoms. The molecule has 0 saturated carbocycles. The molecular formula is C13H11N3O. The second-order valence-corrected chi connectivity index (χ2v) is 3.61. The molecule has 0 radical (unpaired) electrons. The van der Waals surface area contributed by atoms with Crippen LogP contribution < -0.4 is 4.74 Å². The van der Waals surface area contributed by atoms with Crippen LogP contribution in [-0.4, -0.2) is 21.6 Å². The first kappa shape index (κ1) is 9.84. The van der Waals surface area contributed by atoms with Crippen molar-refractivity contribution in [2.75, 3.05) is 7.11 Å². The van der Waals surface area contributed by atoms with E-state index in [2.05, 4.69) is 9.97 Å². The second kappa shape index (κ2) is 3.90. The van der Waals surface area contributed by atoms with E-state index in [1.807, 2.05) is 47.0 Å². The Labute approximate surface area is 98.5 Å². The van der Waals surface area contributed by atoms with Crippen LogP contribution in [0.2, 0.25) is 0 Å². The smallest absolute Gasteiger partial charge is 0.303 e. The molecule has 3 aromatic rings. The molecular weight excluding hydrogens is 214 g/mol. The third-order valence-electron chi connectivity index (χ3n) is 2.59. The monoisotopic (exact) mass is 225 g/mol. The average molecular weight is 225 g/mol. The van der Waals surface area contributed by atoms with Gasteiger partial charge in [0.15, 0.2) is 0 Å². The predicted octanol–water partition coefficient (Wildman–Crippen LogP) is 2.43. The van der Waals surface area contributed by atoms with Gasteiger partial charge in [0.1, 0.15) is 5.82 Å². The van der Waals surface area contributed by atoms with Crippen molar-refractivity contribution in [1.82, 2.24) is 14.5 Å². The van der Waals surface area contributed by atoms with Gasteiger partial charge in [0.05, 0.1) is 18.1 Å². The minimum absolute atomic E-state index is 0.546. The summed E-state index contributed by atoms with van der Waals surface area (Å²) in [4.78, 5) is 8.73. The van der Waals surface area contributed by atoms with E-state index >= 15 is 0 Å². The van der Waals surface area contributed by atoms with Gasteiger partial charge in [-0.3, -0.25) is 0 Å². The highest BCUT2D eigenvalue weighted by Crippen LogP contribution is 2.24. The molecule has 0 aliphatic heterocycles. The van der Waals surface area contributed by atoms with Crippen molar-refractivity contribution in [3.8, 4) is 11.8 Å². The van der Waals surface area contributed by atoms with E-state index < -0.39 is 0 Å². The highest BCUT2D eigenvalue weighted by Gasteiger charge is 2.12. The first-order valence-electron chi connectivity index (χ1n) is 5.33. The fourth-order valence-electron chi connectivity index (χ4n) is 1.85. The Morgan fingerprint density at radius 1 is 1.06 bits per heavy atom. The first-order chi connectivity index (χ1) is 8.40. The number of nitrogens with zero attached hydrogens (tertiary/aromatic N) is 3. The fraction of sp³-hybridized carbons (Fsp3) is 0.0769. The highest BCUT2D eigenvalue weighted by atomic mass is 16.5. The number of rotatable bonds is 2. The van der Waals surface area contributed by atoms with E-state index in [0.717, 1.165) is 16.9 Å². The zero-order valence-electron chi connectivity index (χ0n) is 9.37. The molecule has 3 rings (SSSR count). The molecule has 2 heterocycles. The lowest BCUT2D eigenvalue weighted by molar-refractivity contribution is 0.375. The van der Waals surface area contributed by atoms with Crippen molar-refractivity contribution in [2.24, 2.45) is 0 Å².